The van der Waals surface area contributed by atoms with Gasteiger partial charge in [0.15, 0.2) is 0 Å². The second-order valence-corrected chi connectivity index (χ2v) is 5.07. The van der Waals surface area contributed by atoms with Gasteiger partial charge in [0, 0.05) is 12.3 Å². The standard InChI is InChI=1S/C10H20O3/c1-9(2,12)7-4-5-10(3,13)6-8(7)11/h7-8,11-13H,4-6H2,1-3H3/t7-,8+,10+/m1/s1. The van der Waals surface area contributed by atoms with Crippen molar-refractivity contribution in [3.05, 3.63) is 0 Å². The minimum absolute atomic E-state index is 0.118. The van der Waals surface area contributed by atoms with E-state index in [4.69, 9.17) is 0 Å². The van der Waals surface area contributed by atoms with Gasteiger partial charge in [0.05, 0.1) is 17.3 Å². The predicted molar refractivity (Wildman–Crippen MR) is 50.3 cm³/mol. The summed E-state index contributed by atoms with van der Waals surface area (Å²) in [6, 6.07) is 0. The Morgan fingerprint density at radius 1 is 1.38 bits per heavy atom. The highest BCUT2D eigenvalue weighted by atomic mass is 16.3. The van der Waals surface area contributed by atoms with E-state index in [1.54, 1.807) is 20.8 Å². The summed E-state index contributed by atoms with van der Waals surface area (Å²) in [4.78, 5) is 0. The molecule has 0 saturated heterocycles. The minimum Gasteiger partial charge on any atom is -0.393 e. The molecule has 1 aliphatic rings. The van der Waals surface area contributed by atoms with Crippen LogP contribution in [0.25, 0.3) is 0 Å². The number of aliphatic hydroxyl groups excluding tert-OH is 1. The quantitative estimate of drug-likeness (QED) is 0.567. The minimum atomic E-state index is -0.851. The smallest absolute Gasteiger partial charge is 0.0644 e. The number of hydrogen-bond acceptors (Lipinski definition) is 3. The molecular formula is C10H20O3. The molecule has 1 aliphatic carbocycles. The van der Waals surface area contributed by atoms with Gasteiger partial charge in [0.25, 0.3) is 0 Å². The summed E-state index contributed by atoms with van der Waals surface area (Å²) >= 11 is 0. The van der Waals surface area contributed by atoms with Gasteiger partial charge in [-0.1, -0.05) is 0 Å². The molecule has 3 N–H and O–H groups in total. The van der Waals surface area contributed by atoms with E-state index in [-0.39, 0.29) is 5.92 Å². The fraction of sp³-hybridized carbons (Fsp3) is 1.00. The van der Waals surface area contributed by atoms with Crippen molar-refractivity contribution in [2.24, 2.45) is 5.92 Å². The van der Waals surface area contributed by atoms with Crippen molar-refractivity contribution in [2.75, 3.05) is 0 Å². The topological polar surface area (TPSA) is 60.7 Å². The summed E-state index contributed by atoms with van der Waals surface area (Å²) in [5, 5.41) is 29.1. The van der Waals surface area contributed by atoms with Crippen molar-refractivity contribution >= 4 is 0 Å². The first-order valence-corrected chi connectivity index (χ1v) is 4.85. The van der Waals surface area contributed by atoms with E-state index in [1.165, 1.54) is 0 Å². The molecule has 13 heavy (non-hydrogen) atoms. The molecule has 1 rings (SSSR count). The Balaban J connectivity index is 2.64. The molecule has 3 atom stereocenters. The summed E-state index contributed by atoms with van der Waals surface area (Å²) in [5.74, 6) is -0.118. The molecule has 0 unspecified atom stereocenters. The Hall–Kier alpha value is -0.120. The molecule has 0 aromatic carbocycles. The van der Waals surface area contributed by atoms with Crippen LogP contribution in [-0.2, 0) is 0 Å². The third-order valence-electron chi connectivity index (χ3n) is 3.01. The normalized spacial score (nSPS) is 42.0. The molecule has 1 saturated carbocycles. The molecule has 0 aromatic rings. The Bertz CT molecular complexity index is 181. The van der Waals surface area contributed by atoms with Crippen LogP contribution in [0.3, 0.4) is 0 Å². The second kappa shape index (κ2) is 3.23. The Labute approximate surface area is 79.4 Å². The first-order chi connectivity index (χ1) is 5.72. The Morgan fingerprint density at radius 2 is 1.92 bits per heavy atom. The van der Waals surface area contributed by atoms with Crippen molar-refractivity contribution in [3.63, 3.8) is 0 Å². The van der Waals surface area contributed by atoms with Crippen LogP contribution in [0.2, 0.25) is 0 Å². The first-order valence-electron chi connectivity index (χ1n) is 4.85. The molecule has 78 valence electrons. The van der Waals surface area contributed by atoms with Gasteiger partial charge in [-0.3, -0.25) is 0 Å². The van der Waals surface area contributed by atoms with Crippen LogP contribution in [0.15, 0.2) is 0 Å². The van der Waals surface area contributed by atoms with Gasteiger partial charge in [-0.05, 0) is 33.6 Å². The Kier molecular flexibility index (Phi) is 2.72. The van der Waals surface area contributed by atoms with Gasteiger partial charge in [-0.2, -0.15) is 0 Å². The average Bonchev–Trinajstić information content (AvgIpc) is 1.80. The summed E-state index contributed by atoms with van der Waals surface area (Å²) in [6.07, 6.45) is 1.10. The third kappa shape index (κ3) is 2.66. The maximum absolute atomic E-state index is 9.74. The third-order valence-corrected chi connectivity index (χ3v) is 3.01. The van der Waals surface area contributed by atoms with E-state index >= 15 is 0 Å². The van der Waals surface area contributed by atoms with Crippen molar-refractivity contribution in [1.29, 1.82) is 0 Å². The van der Waals surface area contributed by atoms with E-state index in [0.29, 0.717) is 19.3 Å². The zero-order valence-electron chi connectivity index (χ0n) is 8.62. The van der Waals surface area contributed by atoms with E-state index in [9.17, 15) is 15.3 Å². The second-order valence-electron chi connectivity index (χ2n) is 5.07. The van der Waals surface area contributed by atoms with Gasteiger partial charge < -0.3 is 15.3 Å². The molecular weight excluding hydrogens is 168 g/mol. The lowest BCUT2D eigenvalue weighted by Gasteiger charge is -2.42. The molecule has 0 spiro atoms. The van der Waals surface area contributed by atoms with Crippen molar-refractivity contribution < 1.29 is 15.3 Å². The monoisotopic (exact) mass is 188 g/mol. The average molecular weight is 188 g/mol. The van der Waals surface area contributed by atoms with E-state index in [0.717, 1.165) is 0 Å². The van der Waals surface area contributed by atoms with Crippen LogP contribution in [-0.4, -0.2) is 32.6 Å². The highest BCUT2D eigenvalue weighted by molar-refractivity contribution is 4.93. The molecule has 0 heterocycles. The lowest BCUT2D eigenvalue weighted by atomic mass is 9.71. The van der Waals surface area contributed by atoms with Crippen LogP contribution >= 0.6 is 0 Å². The predicted octanol–water partition coefficient (Wildman–Crippen LogP) is 0.669. The van der Waals surface area contributed by atoms with Crippen molar-refractivity contribution in [1.82, 2.24) is 0 Å². The zero-order valence-corrected chi connectivity index (χ0v) is 8.62. The molecule has 0 amide bonds. The molecule has 0 bridgehead atoms. The first kappa shape index (κ1) is 11.0. The number of aliphatic hydroxyl groups is 3. The molecule has 1 fully saturated rings. The van der Waals surface area contributed by atoms with Crippen LogP contribution in [0.1, 0.15) is 40.0 Å². The van der Waals surface area contributed by atoms with E-state index in [2.05, 4.69) is 0 Å². The molecule has 3 heteroatoms. The van der Waals surface area contributed by atoms with Gasteiger partial charge in [-0.25, -0.2) is 0 Å². The van der Waals surface area contributed by atoms with Crippen molar-refractivity contribution in [2.45, 2.75) is 57.3 Å². The lowest BCUT2D eigenvalue weighted by molar-refractivity contribution is -0.115. The molecule has 0 radical (unpaired) electrons. The highest BCUT2D eigenvalue weighted by Gasteiger charge is 2.41. The zero-order chi connectivity index (χ0) is 10.3. The molecule has 0 aliphatic heterocycles. The van der Waals surface area contributed by atoms with Crippen molar-refractivity contribution in [3.8, 4) is 0 Å². The van der Waals surface area contributed by atoms with Crippen LogP contribution in [0, 0.1) is 5.92 Å². The SMILES string of the molecule is CC(C)(O)[C@@H]1CC[C@](C)(O)C[C@@H]1O. The molecule has 3 nitrogen and oxygen atoms in total. The van der Waals surface area contributed by atoms with Crippen LogP contribution in [0.4, 0.5) is 0 Å². The maximum atomic E-state index is 9.74. The summed E-state index contributed by atoms with van der Waals surface area (Å²) in [7, 11) is 0. The fourth-order valence-electron chi connectivity index (χ4n) is 2.18. The van der Waals surface area contributed by atoms with Gasteiger partial charge in [0.2, 0.25) is 0 Å². The lowest BCUT2D eigenvalue weighted by Crippen LogP contribution is -2.47. The van der Waals surface area contributed by atoms with E-state index < -0.39 is 17.3 Å². The maximum Gasteiger partial charge on any atom is 0.0644 e. The van der Waals surface area contributed by atoms with Crippen LogP contribution in [0.5, 0.6) is 0 Å². The van der Waals surface area contributed by atoms with Gasteiger partial charge >= 0.3 is 0 Å². The molecule has 0 aromatic heterocycles. The van der Waals surface area contributed by atoms with Gasteiger partial charge in [0.1, 0.15) is 0 Å². The van der Waals surface area contributed by atoms with E-state index in [1.807, 2.05) is 0 Å². The highest BCUT2D eigenvalue weighted by Crippen LogP contribution is 2.37. The summed E-state index contributed by atoms with van der Waals surface area (Å²) in [5.41, 5.74) is -1.61. The largest absolute Gasteiger partial charge is 0.393 e. The number of hydrogen-bond donors (Lipinski definition) is 3. The van der Waals surface area contributed by atoms with Gasteiger partial charge in [-0.15, -0.1) is 0 Å². The summed E-state index contributed by atoms with van der Waals surface area (Å²) in [6.45, 7) is 5.15. The summed E-state index contributed by atoms with van der Waals surface area (Å²) < 4.78 is 0. The number of rotatable bonds is 1. The Morgan fingerprint density at radius 3 is 2.31 bits per heavy atom. The van der Waals surface area contributed by atoms with Crippen LogP contribution < -0.4 is 0 Å². The fourth-order valence-corrected chi connectivity index (χ4v) is 2.18.